The number of benzene rings is 1. The molecule has 0 saturated heterocycles. The van der Waals surface area contributed by atoms with E-state index in [4.69, 9.17) is 0 Å². The maximum absolute atomic E-state index is 13.1. The number of amides is 2. The van der Waals surface area contributed by atoms with Gasteiger partial charge in [0, 0.05) is 26.2 Å². The zero-order valence-corrected chi connectivity index (χ0v) is 20.9. The van der Waals surface area contributed by atoms with Gasteiger partial charge in [0.25, 0.3) is 17.4 Å². The Morgan fingerprint density at radius 2 is 1.68 bits per heavy atom. The SMILES string of the molecule is Cc1ccc(CNC(=O)c2ccc3n(c2=O)CCN(CC2(S(=O)(=O)C(C)(C)C)CC2)C3=O)cc1. The molecule has 2 amide bonds. The van der Waals surface area contributed by atoms with Gasteiger partial charge in [-0.3, -0.25) is 14.4 Å². The average Bonchev–Trinajstić information content (AvgIpc) is 3.56. The van der Waals surface area contributed by atoms with Crippen molar-refractivity contribution >= 4 is 21.7 Å². The molecular weight excluding hydrogens is 454 g/mol. The maximum Gasteiger partial charge on any atom is 0.270 e. The average molecular weight is 486 g/mol. The maximum atomic E-state index is 13.1. The third-order valence-electron chi connectivity index (χ3n) is 6.76. The van der Waals surface area contributed by atoms with Gasteiger partial charge in [-0.2, -0.15) is 0 Å². The quantitative estimate of drug-likeness (QED) is 0.676. The molecule has 1 aliphatic heterocycles. The first-order valence-corrected chi connectivity index (χ1v) is 13.0. The Labute approximate surface area is 199 Å². The molecule has 0 atom stereocenters. The van der Waals surface area contributed by atoms with Gasteiger partial charge in [0.2, 0.25) is 0 Å². The predicted octanol–water partition coefficient (Wildman–Crippen LogP) is 2.29. The first-order valence-electron chi connectivity index (χ1n) is 11.5. The third kappa shape index (κ3) is 4.17. The molecule has 2 aliphatic rings. The molecule has 0 radical (unpaired) electrons. The highest BCUT2D eigenvalue weighted by molar-refractivity contribution is 7.94. The first kappa shape index (κ1) is 24.2. The fraction of sp³-hybridized carbons (Fsp3) is 0.480. The van der Waals surface area contributed by atoms with Gasteiger partial charge in [0.05, 0.1) is 9.49 Å². The molecule has 4 rings (SSSR count). The van der Waals surface area contributed by atoms with E-state index in [9.17, 15) is 22.8 Å². The number of nitrogens with one attached hydrogen (secondary N) is 1. The molecule has 8 nitrogen and oxygen atoms in total. The molecule has 182 valence electrons. The number of rotatable bonds is 6. The van der Waals surface area contributed by atoms with Gasteiger partial charge < -0.3 is 14.8 Å². The first-order chi connectivity index (χ1) is 15.9. The van der Waals surface area contributed by atoms with E-state index in [1.54, 1.807) is 20.8 Å². The number of hydrogen-bond acceptors (Lipinski definition) is 5. The van der Waals surface area contributed by atoms with Crippen LogP contribution in [0.1, 0.15) is 65.6 Å². The number of fused-ring (bicyclic) bond motifs is 1. The molecule has 0 unspecified atom stereocenters. The Morgan fingerprint density at radius 1 is 1.03 bits per heavy atom. The predicted molar refractivity (Wildman–Crippen MR) is 130 cm³/mol. The van der Waals surface area contributed by atoms with Gasteiger partial charge >= 0.3 is 0 Å². The lowest BCUT2D eigenvalue weighted by atomic mass is 10.1. The number of sulfone groups is 1. The van der Waals surface area contributed by atoms with Crippen molar-refractivity contribution in [3.8, 4) is 0 Å². The van der Waals surface area contributed by atoms with Crippen LogP contribution in [0.4, 0.5) is 0 Å². The number of pyridine rings is 1. The summed E-state index contributed by atoms with van der Waals surface area (Å²) >= 11 is 0. The minimum Gasteiger partial charge on any atom is -0.348 e. The van der Waals surface area contributed by atoms with E-state index < -0.39 is 30.8 Å². The van der Waals surface area contributed by atoms with E-state index in [0.717, 1.165) is 11.1 Å². The van der Waals surface area contributed by atoms with Crippen LogP contribution in [0.3, 0.4) is 0 Å². The molecule has 2 aromatic rings. The normalized spacial score (nSPS) is 17.3. The van der Waals surface area contributed by atoms with Crippen molar-refractivity contribution in [2.45, 2.75) is 63.1 Å². The highest BCUT2D eigenvalue weighted by atomic mass is 32.2. The van der Waals surface area contributed by atoms with Gasteiger partial charge in [-0.1, -0.05) is 29.8 Å². The van der Waals surface area contributed by atoms with Crippen LogP contribution in [0.15, 0.2) is 41.2 Å². The van der Waals surface area contributed by atoms with E-state index in [-0.39, 0.29) is 43.3 Å². The molecule has 1 aromatic heterocycles. The van der Waals surface area contributed by atoms with Gasteiger partial charge in [-0.15, -0.1) is 0 Å². The summed E-state index contributed by atoms with van der Waals surface area (Å²) in [6.45, 7) is 7.87. The molecule has 1 aliphatic carbocycles. The number of carbonyl (C=O) groups is 2. The Morgan fingerprint density at radius 3 is 2.26 bits per heavy atom. The van der Waals surface area contributed by atoms with E-state index in [1.165, 1.54) is 21.6 Å². The second kappa shape index (κ2) is 8.37. The highest BCUT2D eigenvalue weighted by Gasteiger charge is 2.59. The van der Waals surface area contributed by atoms with Crippen LogP contribution in [-0.4, -0.2) is 52.3 Å². The van der Waals surface area contributed by atoms with Crippen LogP contribution < -0.4 is 10.9 Å². The van der Waals surface area contributed by atoms with Crippen molar-refractivity contribution in [2.24, 2.45) is 0 Å². The van der Waals surface area contributed by atoms with Crippen molar-refractivity contribution in [3.05, 3.63) is 69.1 Å². The summed E-state index contributed by atoms with van der Waals surface area (Å²) < 4.78 is 25.7. The second-order valence-corrected chi connectivity index (χ2v) is 13.4. The monoisotopic (exact) mass is 485 g/mol. The molecule has 0 spiro atoms. The molecule has 1 aromatic carbocycles. The zero-order chi connectivity index (χ0) is 24.9. The van der Waals surface area contributed by atoms with Gasteiger partial charge in [0.1, 0.15) is 11.3 Å². The molecule has 1 N–H and O–H groups in total. The van der Waals surface area contributed by atoms with Gasteiger partial charge in [0.15, 0.2) is 9.84 Å². The Kier molecular flexibility index (Phi) is 5.96. The molecule has 1 fully saturated rings. The van der Waals surface area contributed by atoms with Crippen molar-refractivity contribution < 1.29 is 18.0 Å². The summed E-state index contributed by atoms with van der Waals surface area (Å²) in [5.41, 5.74) is 1.67. The fourth-order valence-corrected chi connectivity index (χ4v) is 6.69. The van der Waals surface area contributed by atoms with E-state index in [2.05, 4.69) is 5.32 Å². The highest BCUT2D eigenvalue weighted by Crippen LogP contribution is 2.49. The number of aromatic nitrogens is 1. The van der Waals surface area contributed by atoms with Gasteiger partial charge in [-0.25, -0.2) is 8.42 Å². The lowest BCUT2D eigenvalue weighted by molar-refractivity contribution is 0.0694. The van der Waals surface area contributed by atoms with Crippen LogP contribution in [-0.2, 0) is 22.9 Å². The molecular formula is C25H31N3O5S. The molecule has 1 saturated carbocycles. The number of nitrogens with zero attached hydrogens (tertiary/aromatic N) is 2. The standard InChI is InChI=1S/C25H31N3O5S/c1-17-5-7-18(8-6-17)15-26-21(29)19-9-10-20-23(31)27(13-14-28(20)22(19)30)16-25(11-12-25)34(32,33)24(2,3)4/h5-10H,11-16H2,1-4H3,(H,26,29). The molecule has 9 heteroatoms. The van der Waals surface area contributed by atoms with Crippen LogP contribution >= 0.6 is 0 Å². The third-order valence-corrected chi connectivity index (χ3v) is 10.0. The van der Waals surface area contributed by atoms with Gasteiger partial charge in [-0.05, 0) is 58.2 Å². The van der Waals surface area contributed by atoms with Crippen LogP contribution in [0.2, 0.25) is 0 Å². The van der Waals surface area contributed by atoms with E-state index >= 15 is 0 Å². The van der Waals surface area contributed by atoms with Crippen LogP contribution in [0.5, 0.6) is 0 Å². The van der Waals surface area contributed by atoms with E-state index in [1.807, 2.05) is 31.2 Å². The molecule has 2 heterocycles. The number of aryl methyl sites for hydroxylation is 1. The lowest BCUT2D eigenvalue weighted by Gasteiger charge is -2.34. The second-order valence-electron chi connectivity index (χ2n) is 10.3. The van der Waals surface area contributed by atoms with Crippen molar-refractivity contribution in [1.29, 1.82) is 0 Å². The number of hydrogen-bond donors (Lipinski definition) is 1. The topological polar surface area (TPSA) is 106 Å². The summed E-state index contributed by atoms with van der Waals surface area (Å²) in [6.07, 6.45) is 1.06. The minimum absolute atomic E-state index is 0.0221. The fourth-order valence-electron chi connectivity index (χ4n) is 4.43. The smallest absolute Gasteiger partial charge is 0.270 e. The minimum atomic E-state index is -3.44. The van der Waals surface area contributed by atoms with Crippen LogP contribution in [0, 0.1) is 6.92 Å². The molecule has 0 bridgehead atoms. The van der Waals surface area contributed by atoms with Crippen molar-refractivity contribution in [3.63, 3.8) is 0 Å². The lowest BCUT2D eigenvalue weighted by Crippen LogP contribution is -2.52. The largest absolute Gasteiger partial charge is 0.348 e. The number of carbonyl (C=O) groups excluding carboxylic acids is 2. The van der Waals surface area contributed by atoms with Crippen molar-refractivity contribution in [1.82, 2.24) is 14.8 Å². The van der Waals surface area contributed by atoms with Crippen molar-refractivity contribution in [2.75, 3.05) is 13.1 Å². The Bertz CT molecular complexity index is 1300. The van der Waals surface area contributed by atoms with Crippen LogP contribution in [0.25, 0.3) is 0 Å². The Hall–Kier alpha value is -2.94. The summed E-state index contributed by atoms with van der Waals surface area (Å²) in [6, 6.07) is 10.6. The summed E-state index contributed by atoms with van der Waals surface area (Å²) in [5.74, 6) is -0.880. The Balaban J connectivity index is 1.50. The zero-order valence-electron chi connectivity index (χ0n) is 20.1. The van der Waals surface area contributed by atoms with E-state index in [0.29, 0.717) is 12.8 Å². The summed E-state index contributed by atoms with van der Waals surface area (Å²) in [5, 5.41) is 2.76. The summed E-state index contributed by atoms with van der Waals surface area (Å²) in [7, 11) is -3.44. The summed E-state index contributed by atoms with van der Waals surface area (Å²) in [4.78, 5) is 40.3. The molecule has 34 heavy (non-hydrogen) atoms.